The largest absolute Gasteiger partial charge is 0.487 e. The molecule has 2 aliphatic rings. The van der Waals surface area contributed by atoms with Gasteiger partial charge in [-0.1, -0.05) is 6.42 Å². The summed E-state index contributed by atoms with van der Waals surface area (Å²) in [4.78, 5) is 15.0. The summed E-state index contributed by atoms with van der Waals surface area (Å²) in [6.45, 7) is 5.82. The summed E-state index contributed by atoms with van der Waals surface area (Å²) in [5.41, 5.74) is 0.0213. The van der Waals surface area contributed by atoms with E-state index in [2.05, 4.69) is 10.2 Å². The average Bonchev–Trinajstić information content (AvgIpc) is 2.58. The van der Waals surface area contributed by atoms with Crippen molar-refractivity contribution in [1.82, 2.24) is 14.8 Å². The quantitative estimate of drug-likeness (QED) is 0.898. The zero-order valence-corrected chi connectivity index (χ0v) is 13.3. The fourth-order valence-corrected chi connectivity index (χ4v) is 3.44. The number of pyridine rings is 1. The fourth-order valence-electron chi connectivity index (χ4n) is 3.44. The van der Waals surface area contributed by atoms with E-state index in [1.807, 2.05) is 16.8 Å². The summed E-state index contributed by atoms with van der Waals surface area (Å²) in [6.07, 6.45) is 7.84. The Hall–Kier alpha value is -1.33. The van der Waals surface area contributed by atoms with Crippen LogP contribution in [0.3, 0.4) is 0 Å². The third kappa shape index (κ3) is 3.90. The van der Waals surface area contributed by atoms with E-state index in [1.54, 1.807) is 6.07 Å². The maximum Gasteiger partial charge on any atom is 0.293 e. The predicted octanol–water partition coefficient (Wildman–Crippen LogP) is 1.64. The Morgan fingerprint density at radius 1 is 1.18 bits per heavy atom. The second kappa shape index (κ2) is 7.79. The molecule has 0 bridgehead atoms. The molecule has 0 amide bonds. The van der Waals surface area contributed by atoms with Crippen LogP contribution in [0, 0.1) is 0 Å². The van der Waals surface area contributed by atoms with E-state index < -0.39 is 0 Å². The standard InChI is InChI=1S/C17H27N3O2/c21-17-16(22-14-13-19-10-2-1-3-11-19)5-4-12-20(17)15-6-8-18-9-7-15/h4-5,12,15,18H,1-3,6-11,13-14H2. The zero-order valence-electron chi connectivity index (χ0n) is 13.3. The molecule has 2 aliphatic heterocycles. The summed E-state index contributed by atoms with van der Waals surface area (Å²) in [5.74, 6) is 0.498. The molecular formula is C17H27N3O2. The minimum atomic E-state index is 0.0213. The number of piperidine rings is 2. The first-order chi connectivity index (χ1) is 10.8. The fraction of sp³-hybridized carbons (Fsp3) is 0.706. The summed E-state index contributed by atoms with van der Waals surface area (Å²) in [7, 11) is 0. The van der Waals surface area contributed by atoms with Crippen molar-refractivity contribution < 1.29 is 4.74 Å². The number of nitrogens with zero attached hydrogens (tertiary/aromatic N) is 2. The lowest BCUT2D eigenvalue weighted by Crippen LogP contribution is -2.35. The van der Waals surface area contributed by atoms with E-state index in [-0.39, 0.29) is 5.56 Å². The molecule has 0 aliphatic carbocycles. The normalized spacial score (nSPS) is 20.9. The molecule has 122 valence electrons. The molecule has 5 heteroatoms. The van der Waals surface area contributed by atoms with Crippen LogP contribution < -0.4 is 15.6 Å². The van der Waals surface area contributed by atoms with Crippen LogP contribution in [0.15, 0.2) is 23.1 Å². The van der Waals surface area contributed by atoms with Crippen molar-refractivity contribution in [3.8, 4) is 5.75 Å². The lowest BCUT2D eigenvalue weighted by atomic mass is 10.1. The average molecular weight is 305 g/mol. The maximum absolute atomic E-state index is 12.6. The van der Waals surface area contributed by atoms with Crippen LogP contribution in [0.5, 0.6) is 5.75 Å². The van der Waals surface area contributed by atoms with Crippen LogP contribution in [-0.4, -0.2) is 48.8 Å². The molecule has 5 nitrogen and oxygen atoms in total. The molecule has 0 saturated carbocycles. The summed E-state index contributed by atoms with van der Waals surface area (Å²) in [5, 5.41) is 3.34. The van der Waals surface area contributed by atoms with Gasteiger partial charge in [0.2, 0.25) is 0 Å². The number of nitrogens with one attached hydrogen (secondary N) is 1. The van der Waals surface area contributed by atoms with E-state index in [4.69, 9.17) is 4.74 Å². The Bertz CT molecular complexity index is 517. The Labute approximate surface area is 132 Å². The summed E-state index contributed by atoms with van der Waals surface area (Å²) < 4.78 is 7.64. The smallest absolute Gasteiger partial charge is 0.293 e. The second-order valence-electron chi connectivity index (χ2n) is 6.32. The molecule has 22 heavy (non-hydrogen) atoms. The van der Waals surface area contributed by atoms with Crippen LogP contribution in [0.2, 0.25) is 0 Å². The molecule has 0 atom stereocenters. The molecule has 1 aromatic rings. The van der Waals surface area contributed by atoms with Crippen LogP contribution in [0.1, 0.15) is 38.1 Å². The molecule has 2 saturated heterocycles. The summed E-state index contributed by atoms with van der Waals surface area (Å²) >= 11 is 0. The van der Waals surface area contributed by atoms with Gasteiger partial charge >= 0.3 is 0 Å². The van der Waals surface area contributed by atoms with Gasteiger partial charge in [0.1, 0.15) is 6.61 Å². The molecule has 0 unspecified atom stereocenters. The van der Waals surface area contributed by atoms with Crippen molar-refractivity contribution in [3.63, 3.8) is 0 Å². The minimum Gasteiger partial charge on any atom is -0.487 e. The van der Waals surface area contributed by atoms with Gasteiger partial charge in [-0.05, 0) is 64.0 Å². The van der Waals surface area contributed by atoms with Crippen LogP contribution in [0.4, 0.5) is 0 Å². The molecule has 0 radical (unpaired) electrons. The first-order valence-corrected chi connectivity index (χ1v) is 8.61. The molecule has 0 spiro atoms. The zero-order chi connectivity index (χ0) is 15.2. The molecule has 0 aromatic carbocycles. The van der Waals surface area contributed by atoms with Gasteiger partial charge < -0.3 is 14.6 Å². The lowest BCUT2D eigenvalue weighted by Gasteiger charge is -2.26. The van der Waals surface area contributed by atoms with Gasteiger partial charge in [-0.2, -0.15) is 0 Å². The molecule has 2 fully saturated rings. The lowest BCUT2D eigenvalue weighted by molar-refractivity contribution is 0.181. The highest BCUT2D eigenvalue weighted by Crippen LogP contribution is 2.17. The number of rotatable bonds is 5. The third-order valence-corrected chi connectivity index (χ3v) is 4.76. The van der Waals surface area contributed by atoms with E-state index in [0.29, 0.717) is 18.4 Å². The third-order valence-electron chi connectivity index (χ3n) is 4.76. The first-order valence-electron chi connectivity index (χ1n) is 8.61. The number of ether oxygens (including phenoxy) is 1. The van der Waals surface area contributed by atoms with Crippen LogP contribution in [0.25, 0.3) is 0 Å². The highest BCUT2D eigenvalue weighted by molar-refractivity contribution is 5.18. The van der Waals surface area contributed by atoms with Gasteiger partial charge in [0.05, 0.1) is 0 Å². The highest BCUT2D eigenvalue weighted by Gasteiger charge is 2.17. The minimum absolute atomic E-state index is 0.0213. The van der Waals surface area contributed by atoms with E-state index in [0.717, 1.165) is 45.6 Å². The Morgan fingerprint density at radius 3 is 2.73 bits per heavy atom. The molecular weight excluding hydrogens is 278 g/mol. The Balaban J connectivity index is 1.57. The van der Waals surface area contributed by atoms with Crippen molar-refractivity contribution in [2.45, 2.75) is 38.1 Å². The maximum atomic E-state index is 12.6. The number of likely N-dealkylation sites (tertiary alicyclic amines) is 1. The molecule has 3 heterocycles. The Kier molecular flexibility index (Phi) is 5.51. The molecule has 3 rings (SSSR count). The van der Waals surface area contributed by atoms with Gasteiger partial charge in [0, 0.05) is 18.8 Å². The van der Waals surface area contributed by atoms with Crippen molar-refractivity contribution in [1.29, 1.82) is 0 Å². The van der Waals surface area contributed by atoms with E-state index in [1.165, 1.54) is 19.3 Å². The first kappa shape index (κ1) is 15.6. The monoisotopic (exact) mass is 305 g/mol. The van der Waals surface area contributed by atoms with Crippen molar-refractivity contribution >= 4 is 0 Å². The topological polar surface area (TPSA) is 46.5 Å². The van der Waals surface area contributed by atoms with Crippen LogP contribution in [-0.2, 0) is 0 Å². The van der Waals surface area contributed by atoms with Crippen molar-refractivity contribution in [3.05, 3.63) is 28.7 Å². The number of hydrogen-bond acceptors (Lipinski definition) is 4. The highest BCUT2D eigenvalue weighted by atomic mass is 16.5. The van der Waals surface area contributed by atoms with Gasteiger partial charge in [-0.25, -0.2) is 0 Å². The SMILES string of the molecule is O=c1c(OCCN2CCCCC2)cccn1C1CCNCC1. The summed E-state index contributed by atoms with van der Waals surface area (Å²) in [6, 6.07) is 4.04. The number of aromatic nitrogens is 1. The van der Waals surface area contributed by atoms with Gasteiger partial charge in [0.25, 0.3) is 5.56 Å². The molecule has 1 aromatic heterocycles. The van der Waals surface area contributed by atoms with Gasteiger partial charge in [-0.3, -0.25) is 9.69 Å². The number of hydrogen-bond donors (Lipinski definition) is 1. The van der Waals surface area contributed by atoms with E-state index >= 15 is 0 Å². The Morgan fingerprint density at radius 2 is 1.95 bits per heavy atom. The van der Waals surface area contributed by atoms with Crippen molar-refractivity contribution in [2.24, 2.45) is 0 Å². The van der Waals surface area contributed by atoms with Gasteiger partial charge in [-0.15, -0.1) is 0 Å². The van der Waals surface area contributed by atoms with Gasteiger partial charge in [0.15, 0.2) is 5.75 Å². The predicted molar refractivity (Wildman–Crippen MR) is 87.6 cm³/mol. The van der Waals surface area contributed by atoms with E-state index in [9.17, 15) is 4.79 Å². The van der Waals surface area contributed by atoms with Crippen LogP contribution >= 0.6 is 0 Å². The van der Waals surface area contributed by atoms with Crippen molar-refractivity contribution in [2.75, 3.05) is 39.3 Å². The second-order valence-corrected chi connectivity index (χ2v) is 6.32. The molecule has 1 N–H and O–H groups in total.